The van der Waals surface area contributed by atoms with Crippen LogP contribution in [0.15, 0.2) is 30.6 Å². The topological polar surface area (TPSA) is 49.7 Å². The molecule has 1 N–H and O–H groups in total. The SMILES string of the molecule is Cc1n[nH]c(C)c1C1=CC=CCN1c1cnn(CC2CCC2)c1. The highest BCUT2D eigenvalue weighted by Gasteiger charge is 2.22. The maximum Gasteiger partial charge on any atom is 0.0800 e. The van der Waals surface area contributed by atoms with Crippen LogP contribution in [0.3, 0.4) is 0 Å². The van der Waals surface area contributed by atoms with Gasteiger partial charge in [-0.15, -0.1) is 0 Å². The van der Waals surface area contributed by atoms with Crippen LogP contribution in [0.1, 0.15) is 36.2 Å². The largest absolute Gasteiger partial charge is 0.334 e. The molecule has 3 heterocycles. The minimum absolute atomic E-state index is 0.817. The molecular formula is C18H23N5. The van der Waals surface area contributed by atoms with E-state index in [0.717, 1.165) is 36.1 Å². The summed E-state index contributed by atoms with van der Waals surface area (Å²) in [6.45, 7) is 6.04. The summed E-state index contributed by atoms with van der Waals surface area (Å²) in [6, 6.07) is 0. The minimum Gasteiger partial charge on any atom is -0.334 e. The summed E-state index contributed by atoms with van der Waals surface area (Å²) >= 11 is 0. The van der Waals surface area contributed by atoms with Crippen LogP contribution in [-0.2, 0) is 6.54 Å². The van der Waals surface area contributed by atoms with Gasteiger partial charge in [-0.3, -0.25) is 9.78 Å². The second-order valence-electron chi connectivity index (χ2n) is 6.62. The van der Waals surface area contributed by atoms with Crippen LogP contribution in [0.2, 0.25) is 0 Å². The highest BCUT2D eigenvalue weighted by Crippen LogP contribution is 2.32. The first-order valence-corrected chi connectivity index (χ1v) is 8.41. The molecule has 0 saturated heterocycles. The summed E-state index contributed by atoms with van der Waals surface area (Å²) in [7, 11) is 0. The van der Waals surface area contributed by atoms with Crippen molar-refractivity contribution < 1.29 is 0 Å². The Morgan fingerprint density at radius 3 is 2.87 bits per heavy atom. The Labute approximate surface area is 136 Å². The van der Waals surface area contributed by atoms with E-state index in [1.165, 1.54) is 30.5 Å². The van der Waals surface area contributed by atoms with Crippen LogP contribution in [0.4, 0.5) is 5.69 Å². The third-order valence-electron chi connectivity index (χ3n) is 4.95. The molecule has 0 atom stereocenters. The van der Waals surface area contributed by atoms with E-state index in [1.807, 2.05) is 6.20 Å². The molecule has 4 rings (SSSR count). The van der Waals surface area contributed by atoms with E-state index in [9.17, 15) is 0 Å². The molecule has 2 aromatic heterocycles. The van der Waals surface area contributed by atoms with Gasteiger partial charge in [0.15, 0.2) is 0 Å². The summed E-state index contributed by atoms with van der Waals surface area (Å²) in [5.74, 6) is 0.817. The van der Waals surface area contributed by atoms with Gasteiger partial charge in [0.2, 0.25) is 0 Å². The molecule has 5 heteroatoms. The molecule has 1 saturated carbocycles. The van der Waals surface area contributed by atoms with E-state index in [-0.39, 0.29) is 0 Å². The van der Waals surface area contributed by atoms with Crippen molar-refractivity contribution in [3.63, 3.8) is 0 Å². The average molecular weight is 309 g/mol. The molecule has 1 aliphatic heterocycles. The fourth-order valence-corrected chi connectivity index (χ4v) is 3.44. The summed E-state index contributed by atoms with van der Waals surface area (Å²) < 4.78 is 2.10. The lowest BCUT2D eigenvalue weighted by molar-refractivity contribution is 0.266. The molecule has 2 aromatic rings. The number of H-pyrrole nitrogens is 1. The molecule has 0 spiro atoms. The van der Waals surface area contributed by atoms with Crippen molar-refractivity contribution in [2.75, 3.05) is 11.4 Å². The first-order chi connectivity index (χ1) is 11.2. The fourth-order valence-electron chi connectivity index (χ4n) is 3.44. The van der Waals surface area contributed by atoms with Gasteiger partial charge in [0.1, 0.15) is 0 Å². The van der Waals surface area contributed by atoms with Gasteiger partial charge in [0.25, 0.3) is 0 Å². The first kappa shape index (κ1) is 14.3. The quantitative estimate of drug-likeness (QED) is 0.941. The maximum absolute atomic E-state index is 4.57. The standard InChI is InChI=1S/C18H23N5/c1-13-18(14(2)21-20-13)17-8-3-4-9-23(17)16-10-19-22(12-16)11-15-6-5-7-15/h3-4,8,10,12,15H,5-7,9,11H2,1-2H3,(H,20,21). The van der Waals surface area contributed by atoms with Crippen LogP contribution in [0, 0.1) is 19.8 Å². The van der Waals surface area contributed by atoms with Gasteiger partial charge >= 0.3 is 0 Å². The normalized spacial score (nSPS) is 18.2. The van der Waals surface area contributed by atoms with E-state index < -0.39 is 0 Å². The number of rotatable bonds is 4. The van der Waals surface area contributed by atoms with Crippen molar-refractivity contribution in [3.8, 4) is 0 Å². The second kappa shape index (κ2) is 5.72. The number of aromatic nitrogens is 4. The van der Waals surface area contributed by atoms with Crippen LogP contribution in [-0.4, -0.2) is 26.5 Å². The Bertz CT molecular complexity index is 741. The monoisotopic (exact) mass is 309 g/mol. The number of hydrogen-bond acceptors (Lipinski definition) is 3. The Morgan fingerprint density at radius 1 is 1.30 bits per heavy atom. The Morgan fingerprint density at radius 2 is 2.17 bits per heavy atom. The second-order valence-corrected chi connectivity index (χ2v) is 6.62. The van der Waals surface area contributed by atoms with Gasteiger partial charge in [-0.25, -0.2) is 0 Å². The number of allylic oxidation sites excluding steroid dienone is 2. The van der Waals surface area contributed by atoms with Gasteiger partial charge in [-0.1, -0.05) is 18.6 Å². The van der Waals surface area contributed by atoms with Crippen LogP contribution >= 0.6 is 0 Å². The summed E-state index contributed by atoms with van der Waals surface area (Å²) in [5.41, 5.74) is 5.69. The zero-order valence-electron chi connectivity index (χ0n) is 13.8. The van der Waals surface area contributed by atoms with Crippen LogP contribution < -0.4 is 4.90 Å². The number of nitrogens with one attached hydrogen (secondary N) is 1. The van der Waals surface area contributed by atoms with E-state index >= 15 is 0 Å². The van der Waals surface area contributed by atoms with E-state index in [0.29, 0.717) is 0 Å². The van der Waals surface area contributed by atoms with Gasteiger partial charge < -0.3 is 4.90 Å². The number of hydrogen-bond donors (Lipinski definition) is 1. The molecule has 1 fully saturated rings. The Hall–Kier alpha value is -2.30. The molecule has 120 valence electrons. The third-order valence-corrected chi connectivity index (χ3v) is 4.95. The predicted octanol–water partition coefficient (Wildman–Crippen LogP) is 3.44. The van der Waals surface area contributed by atoms with Gasteiger partial charge in [0, 0.05) is 30.5 Å². The molecule has 0 amide bonds. The van der Waals surface area contributed by atoms with Crippen molar-refractivity contribution in [1.29, 1.82) is 0 Å². The maximum atomic E-state index is 4.57. The molecule has 5 nitrogen and oxygen atoms in total. The van der Waals surface area contributed by atoms with E-state index in [2.05, 4.69) is 63.2 Å². The van der Waals surface area contributed by atoms with Crippen molar-refractivity contribution in [1.82, 2.24) is 20.0 Å². The molecule has 0 unspecified atom stereocenters. The van der Waals surface area contributed by atoms with Crippen molar-refractivity contribution in [2.24, 2.45) is 5.92 Å². The summed E-state index contributed by atoms with van der Waals surface area (Å²) in [5, 5.41) is 12.0. The van der Waals surface area contributed by atoms with Crippen LogP contribution in [0.25, 0.3) is 5.70 Å². The lowest BCUT2D eigenvalue weighted by Gasteiger charge is -2.27. The lowest BCUT2D eigenvalue weighted by Crippen LogP contribution is -2.24. The number of nitrogens with zero attached hydrogens (tertiary/aromatic N) is 4. The highest BCUT2D eigenvalue weighted by atomic mass is 15.3. The third kappa shape index (κ3) is 2.60. The van der Waals surface area contributed by atoms with E-state index in [1.54, 1.807) is 0 Å². The summed E-state index contributed by atoms with van der Waals surface area (Å²) in [6.07, 6.45) is 14.7. The van der Waals surface area contributed by atoms with Gasteiger partial charge in [-0.05, 0) is 38.7 Å². The van der Waals surface area contributed by atoms with Crippen LogP contribution in [0.5, 0.6) is 0 Å². The Balaban J connectivity index is 1.62. The molecule has 0 radical (unpaired) electrons. The lowest BCUT2D eigenvalue weighted by atomic mass is 9.85. The highest BCUT2D eigenvalue weighted by molar-refractivity contribution is 5.83. The average Bonchev–Trinajstić information content (AvgIpc) is 3.10. The fraction of sp³-hybridized carbons (Fsp3) is 0.444. The molecular weight excluding hydrogens is 286 g/mol. The molecule has 0 aromatic carbocycles. The zero-order valence-corrected chi connectivity index (χ0v) is 13.8. The Kier molecular flexibility index (Phi) is 3.56. The zero-order chi connectivity index (χ0) is 15.8. The van der Waals surface area contributed by atoms with Crippen molar-refractivity contribution >= 4 is 11.4 Å². The number of anilines is 1. The first-order valence-electron chi connectivity index (χ1n) is 8.41. The number of aryl methyl sites for hydroxylation is 2. The summed E-state index contributed by atoms with van der Waals surface area (Å²) in [4.78, 5) is 2.31. The minimum atomic E-state index is 0.817. The molecule has 2 aliphatic rings. The molecule has 23 heavy (non-hydrogen) atoms. The van der Waals surface area contributed by atoms with Gasteiger partial charge in [-0.2, -0.15) is 10.2 Å². The van der Waals surface area contributed by atoms with Crippen molar-refractivity contribution in [3.05, 3.63) is 47.6 Å². The van der Waals surface area contributed by atoms with Gasteiger partial charge in [0.05, 0.1) is 23.3 Å². The smallest absolute Gasteiger partial charge is 0.0800 e. The molecule has 1 aliphatic carbocycles. The van der Waals surface area contributed by atoms with E-state index in [4.69, 9.17) is 0 Å². The molecule has 0 bridgehead atoms. The number of aromatic amines is 1. The predicted molar refractivity (Wildman–Crippen MR) is 92.1 cm³/mol. The van der Waals surface area contributed by atoms with Crippen molar-refractivity contribution in [2.45, 2.75) is 39.7 Å².